The summed E-state index contributed by atoms with van der Waals surface area (Å²) in [5, 5.41) is 10.2. The van der Waals surface area contributed by atoms with Crippen molar-refractivity contribution >= 4 is 34.6 Å². The number of nitrogens with one attached hydrogen (secondary N) is 1. The first-order valence-corrected chi connectivity index (χ1v) is 5.91. The quantitative estimate of drug-likeness (QED) is 0.907. The highest BCUT2D eigenvalue weighted by molar-refractivity contribution is 6.33. The molecule has 0 bridgehead atoms. The fourth-order valence-electron chi connectivity index (χ4n) is 1.34. The molecule has 0 amide bonds. The van der Waals surface area contributed by atoms with Crippen LogP contribution in [0.1, 0.15) is 0 Å². The summed E-state index contributed by atoms with van der Waals surface area (Å²) in [5.74, 6) is -0.319. The third kappa shape index (κ3) is 4.14. The van der Waals surface area contributed by atoms with Gasteiger partial charge >= 0.3 is 6.36 Å². The van der Waals surface area contributed by atoms with Gasteiger partial charge in [0.2, 0.25) is 0 Å². The summed E-state index contributed by atoms with van der Waals surface area (Å²) < 4.78 is 39.8. The van der Waals surface area contributed by atoms with Gasteiger partial charge in [-0.25, -0.2) is 0 Å². The normalized spacial score (nSPS) is 11.2. The van der Waals surface area contributed by atoms with Gasteiger partial charge in [0, 0.05) is 11.8 Å². The molecule has 0 saturated heterocycles. The number of aromatic nitrogens is 2. The Labute approximate surface area is 121 Å². The summed E-state index contributed by atoms with van der Waals surface area (Å²) in [4.78, 5) is 0. The molecule has 0 atom stereocenters. The van der Waals surface area contributed by atoms with E-state index in [-0.39, 0.29) is 16.1 Å². The molecule has 9 heteroatoms. The Morgan fingerprint density at radius 1 is 1.05 bits per heavy atom. The Morgan fingerprint density at radius 3 is 2.30 bits per heavy atom. The first kappa shape index (κ1) is 14.7. The largest absolute Gasteiger partial charge is 0.573 e. The van der Waals surface area contributed by atoms with Crippen LogP contribution in [-0.2, 0) is 0 Å². The Kier molecular flexibility index (Phi) is 4.20. The zero-order valence-corrected chi connectivity index (χ0v) is 11.1. The lowest BCUT2D eigenvalue weighted by atomic mass is 10.3. The maximum absolute atomic E-state index is 12.0. The maximum atomic E-state index is 12.0. The Balaban J connectivity index is 2.13. The molecular weight excluding hydrogens is 318 g/mol. The number of nitrogens with zero attached hydrogens (tertiary/aromatic N) is 2. The number of halogens is 5. The molecule has 2 aromatic rings. The van der Waals surface area contributed by atoms with Crippen LogP contribution in [0.4, 0.5) is 24.5 Å². The van der Waals surface area contributed by atoms with E-state index in [0.29, 0.717) is 11.4 Å². The van der Waals surface area contributed by atoms with Crippen molar-refractivity contribution in [3.05, 3.63) is 40.6 Å². The van der Waals surface area contributed by atoms with Crippen molar-refractivity contribution in [2.24, 2.45) is 0 Å². The van der Waals surface area contributed by atoms with Crippen LogP contribution in [0.15, 0.2) is 30.3 Å². The minimum Gasteiger partial charge on any atom is -0.406 e. The lowest BCUT2D eigenvalue weighted by Gasteiger charge is -2.10. The second kappa shape index (κ2) is 5.72. The Bertz CT molecular complexity index is 605. The van der Waals surface area contributed by atoms with Crippen molar-refractivity contribution in [1.82, 2.24) is 10.2 Å². The Morgan fingerprint density at radius 2 is 1.70 bits per heavy atom. The molecular formula is C11H6Cl2F3N3O. The predicted molar refractivity (Wildman–Crippen MR) is 68.5 cm³/mol. The van der Waals surface area contributed by atoms with Crippen LogP contribution in [0.2, 0.25) is 10.3 Å². The van der Waals surface area contributed by atoms with Gasteiger partial charge in [0.1, 0.15) is 5.75 Å². The van der Waals surface area contributed by atoms with E-state index < -0.39 is 6.36 Å². The van der Waals surface area contributed by atoms with Crippen molar-refractivity contribution in [2.45, 2.75) is 6.36 Å². The second-order valence-electron chi connectivity index (χ2n) is 3.57. The summed E-state index contributed by atoms with van der Waals surface area (Å²) in [6, 6.07) is 6.56. The lowest BCUT2D eigenvalue weighted by molar-refractivity contribution is -0.274. The molecule has 0 spiro atoms. The van der Waals surface area contributed by atoms with Gasteiger partial charge < -0.3 is 10.1 Å². The number of hydrogen-bond acceptors (Lipinski definition) is 4. The van der Waals surface area contributed by atoms with Crippen LogP contribution in [-0.4, -0.2) is 16.6 Å². The molecule has 0 radical (unpaired) electrons. The molecule has 1 N–H and O–H groups in total. The number of rotatable bonds is 3. The predicted octanol–water partition coefficient (Wildman–Crippen LogP) is 4.43. The van der Waals surface area contributed by atoms with E-state index in [1.807, 2.05) is 0 Å². The summed E-state index contributed by atoms with van der Waals surface area (Å²) in [7, 11) is 0. The number of alkyl halides is 3. The number of ether oxygens (including phenoxy) is 1. The molecule has 0 fully saturated rings. The molecule has 0 aliphatic heterocycles. The van der Waals surface area contributed by atoms with Crippen molar-refractivity contribution in [2.75, 3.05) is 5.32 Å². The molecule has 2 rings (SSSR count). The second-order valence-corrected chi connectivity index (χ2v) is 4.31. The van der Waals surface area contributed by atoms with E-state index in [9.17, 15) is 13.2 Å². The summed E-state index contributed by atoms with van der Waals surface area (Å²) in [6.07, 6.45) is -4.72. The van der Waals surface area contributed by atoms with Crippen LogP contribution in [0.5, 0.6) is 5.75 Å². The van der Waals surface area contributed by atoms with E-state index in [4.69, 9.17) is 23.2 Å². The van der Waals surface area contributed by atoms with Gasteiger partial charge in [-0.3, -0.25) is 0 Å². The van der Waals surface area contributed by atoms with Gasteiger partial charge in [0.25, 0.3) is 0 Å². The number of anilines is 2. The standard InChI is InChI=1S/C11H6Cl2F3N3O/c12-9-5-8(10(13)19-18-9)17-6-1-3-7(4-2-6)20-11(14,15)16/h1-5H,(H,17,18). The highest BCUT2D eigenvalue weighted by Crippen LogP contribution is 2.27. The van der Waals surface area contributed by atoms with E-state index >= 15 is 0 Å². The van der Waals surface area contributed by atoms with Crippen molar-refractivity contribution in [3.8, 4) is 5.75 Å². The Hall–Kier alpha value is -1.73. The zero-order valence-electron chi connectivity index (χ0n) is 9.58. The smallest absolute Gasteiger partial charge is 0.406 e. The van der Waals surface area contributed by atoms with Crippen molar-refractivity contribution in [3.63, 3.8) is 0 Å². The summed E-state index contributed by atoms with van der Waals surface area (Å²) >= 11 is 11.5. The average Bonchev–Trinajstić information content (AvgIpc) is 2.34. The van der Waals surface area contributed by atoms with Crippen molar-refractivity contribution in [1.29, 1.82) is 0 Å². The number of hydrogen-bond donors (Lipinski definition) is 1. The van der Waals surface area contributed by atoms with E-state index in [2.05, 4.69) is 20.3 Å². The van der Waals surface area contributed by atoms with E-state index in [0.717, 1.165) is 0 Å². The average molecular weight is 324 g/mol. The molecule has 0 aliphatic rings. The van der Waals surface area contributed by atoms with E-state index in [1.165, 1.54) is 30.3 Å². The van der Waals surface area contributed by atoms with Gasteiger partial charge in [-0.05, 0) is 24.3 Å². The van der Waals surface area contributed by atoms with Gasteiger partial charge in [0.15, 0.2) is 10.3 Å². The molecule has 0 unspecified atom stereocenters. The SMILES string of the molecule is FC(F)(F)Oc1ccc(Nc2cc(Cl)nnc2Cl)cc1. The molecule has 0 saturated carbocycles. The summed E-state index contributed by atoms with van der Waals surface area (Å²) in [6.45, 7) is 0. The minimum absolute atomic E-state index is 0.0880. The van der Waals surface area contributed by atoms with Gasteiger partial charge in [-0.15, -0.1) is 23.4 Å². The van der Waals surface area contributed by atoms with Crippen LogP contribution in [0, 0.1) is 0 Å². The van der Waals surface area contributed by atoms with Crippen LogP contribution in [0.25, 0.3) is 0 Å². The lowest BCUT2D eigenvalue weighted by Crippen LogP contribution is -2.16. The highest BCUT2D eigenvalue weighted by atomic mass is 35.5. The first-order valence-electron chi connectivity index (χ1n) is 5.15. The van der Waals surface area contributed by atoms with Crippen LogP contribution in [0.3, 0.4) is 0 Å². The fourth-order valence-corrected chi connectivity index (χ4v) is 1.62. The van der Waals surface area contributed by atoms with Gasteiger partial charge in [-0.1, -0.05) is 23.2 Å². The van der Waals surface area contributed by atoms with Crippen LogP contribution < -0.4 is 10.1 Å². The minimum atomic E-state index is -4.72. The molecule has 1 aromatic carbocycles. The molecule has 4 nitrogen and oxygen atoms in total. The molecule has 1 heterocycles. The highest BCUT2D eigenvalue weighted by Gasteiger charge is 2.30. The summed E-state index contributed by atoms with van der Waals surface area (Å²) in [5.41, 5.74) is 0.877. The van der Waals surface area contributed by atoms with Gasteiger partial charge in [-0.2, -0.15) is 0 Å². The fraction of sp³-hybridized carbons (Fsp3) is 0.0909. The monoisotopic (exact) mass is 323 g/mol. The first-order chi connectivity index (χ1) is 9.33. The maximum Gasteiger partial charge on any atom is 0.573 e. The molecule has 0 aliphatic carbocycles. The molecule has 106 valence electrons. The topological polar surface area (TPSA) is 47.0 Å². The number of benzene rings is 1. The molecule has 20 heavy (non-hydrogen) atoms. The van der Waals surface area contributed by atoms with E-state index in [1.54, 1.807) is 0 Å². The van der Waals surface area contributed by atoms with Crippen molar-refractivity contribution < 1.29 is 17.9 Å². The van der Waals surface area contributed by atoms with Gasteiger partial charge in [0.05, 0.1) is 5.69 Å². The third-order valence-corrected chi connectivity index (χ3v) is 2.55. The zero-order chi connectivity index (χ0) is 14.8. The van der Waals surface area contributed by atoms with Crippen LogP contribution >= 0.6 is 23.2 Å². The molecule has 1 aromatic heterocycles. The third-order valence-electron chi connectivity index (χ3n) is 2.09.